The van der Waals surface area contributed by atoms with Gasteiger partial charge in [0.25, 0.3) is 0 Å². The summed E-state index contributed by atoms with van der Waals surface area (Å²) in [5.41, 5.74) is 0.453. The summed E-state index contributed by atoms with van der Waals surface area (Å²) in [6.45, 7) is 3.81. The summed E-state index contributed by atoms with van der Waals surface area (Å²) in [5, 5.41) is 24.7. The van der Waals surface area contributed by atoms with E-state index in [1.807, 2.05) is 0 Å². The van der Waals surface area contributed by atoms with Crippen LogP contribution in [-0.2, 0) is 4.74 Å². The smallest absolute Gasteiger partial charge is 0.338 e. The van der Waals surface area contributed by atoms with Crippen LogP contribution in [0.3, 0.4) is 0 Å². The van der Waals surface area contributed by atoms with Gasteiger partial charge in [-0.15, -0.1) is 0 Å². The highest BCUT2D eigenvalue weighted by Crippen LogP contribution is 2.10. The Hall–Kier alpha value is -1.59. The molecule has 0 aliphatic rings. The third-order valence-electron chi connectivity index (χ3n) is 1.74. The van der Waals surface area contributed by atoms with Gasteiger partial charge >= 0.3 is 5.97 Å². The fraction of sp³-hybridized carbons (Fsp3) is 0.417. The van der Waals surface area contributed by atoms with Crippen molar-refractivity contribution < 1.29 is 24.9 Å². The molecule has 0 radical (unpaired) electrons. The monoisotopic (exact) mass is 242 g/mol. The van der Waals surface area contributed by atoms with Crippen LogP contribution in [0.1, 0.15) is 30.6 Å². The van der Waals surface area contributed by atoms with E-state index in [2.05, 4.69) is 0 Å². The highest BCUT2D eigenvalue weighted by atomic mass is 16.5. The van der Waals surface area contributed by atoms with Gasteiger partial charge in [0.2, 0.25) is 0 Å². The standard InChI is InChI=1S/C9H10O3.C3H8O2/c1-2-12-9(11)7-3-5-8(10)6-4-7;1-2-3(4)5/h3-6,10H,2H2,1H3;3-5H,2H2,1H3. The van der Waals surface area contributed by atoms with Gasteiger partial charge in [-0.1, -0.05) is 6.92 Å². The molecule has 5 nitrogen and oxygen atoms in total. The van der Waals surface area contributed by atoms with Gasteiger partial charge in [-0.05, 0) is 37.6 Å². The number of rotatable bonds is 3. The lowest BCUT2D eigenvalue weighted by Crippen LogP contribution is -2.03. The van der Waals surface area contributed by atoms with Crippen LogP contribution in [0.4, 0.5) is 0 Å². The Labute approximate surface area is 100 Å². The molecule has 0 fully saturated rings. The maximum absolute atomic E-state index is 11.1. The average molecular weight is 242 g/mol. The molecule has 1 rings (SSSR count). The van der Waals surface area contributed by atoms with Gasteiger partial charge in [0.1, 0.15) is 5.75 Å². The summed E-state index contributed by atoms with van der Waals surface area (Å²) in [4.78, 5) is 11.1. The van der Waals surface area contributed by atoms with Gasteiger partial charge in [-0.2, -0.15) is 0 Å². The number of esters is 1. The van der Waals surface area contributed by atoms with Crippen molar-refractivity contribution in [1.82, 2.24) is 0 Å². The summed E-state index contributed by atoms with van der Waals surface area (Å²) in [7, 11) is 0. The van der Waals surface area contributed by atoms with E-state index in [9.17, 15) is 4.79 Å². The summed E-state index contributed by atoms with van der Waals surface area (Å²) in [6.07, 6.45) is -0.699. The zero-order chi connectivity index (χ0) is 13.3. The normalized spacial score (nSPS) is 9.47. The van der Waals surface area contributed by atoms with Crippen molar-refractivity contribution >= 4 is 5.97 Å². The van der Waals surface area contributed by atoms with Crippen LogP contribution in [0.2, 0.25) is 0 Å². The minimum Gasteiger partial charge on any atom is -0.508 e. The highest BCUT2D eigenvalue weighted by Gasteiger charge is 2.04. The van der Waals surface area contributed by atoms with Crippen LogP contribution < -0.4 is 0 Å². The molecule has 3 N–H and O–H groups in total. The first-order valence-corrected chi connectivity index (χ1v) is 5.33. The van der Waals surface area contributed by atoms with Crippen molar-refractivity contribution in [3.8, 4) is 5.75 Å². The molecular weight excluding hydrogens is 224 g/mol. The van der Waals surface area contributed by atoms with Crippen molar-refractivity contribution in [2.45, 2.75) is 26.6 Å². The summed E-state index contributed by atoms with van der Waals surface area (Å²) >= 11 is 0. The predicted molar refractivity (Wildman–Crippen MR) is 62.6 cm³/mol. The first kappa shape index (κ1) is 15.4. The number of phenols is 1. The van der Waals surface area contributed by atoms with Crippen molar-refractivity contribution in [3.63, 3.8) is 0 Å². The topological polar surface area (TPSA) is 87.0 Å². The van der Waals surface area contributed by atoms with Crippen LogP contribution in [0.15, 0.2) is 24.3 Å². The van der Waals surface area contributed by atoms with E-state index in [1.54, 1.807) is 13.8 Å². The molecular formula is C12H18O5. The second-order valence-corrected chi connectivity index (χ2v) is 3.16. The Balaban J connectivity index is 0.000000437. The number of aliphatic hydroxyl groups excluding tert-OH is 1. The minimum absolute atomic E-state index is 0.142. The van der Waals surface area contributed by atoms with E-state index >= 15 is 0 Å². The quantitative estimate of drug-likeness (QED) is 0.549. The lowest BCUT2D eigenvalue weighted by molar-refractivity contribution is -0.0413. The Kier molecular flexibility index (Phi) is 7.75. The van der Waals surface area contributed by atoms with Crippen LogP contribution in [0, 0.1) is 0 Å². The fourth-order valence-electron chi connectivity index (χ4n) is 0.812. The number of phenolic OH excluding ortho intramolecular Hbond substituents is 1. The maximum atomic E-state index is 11.1. The van der Waals surface area contributed by atoms with Gasteiger partial charge in [0.15, 0.2) is 6.29 Å². The number of ether oxygens (including phenoxy) is 1. The number of benzene rings is 1. The van der Waals surface area contributed by atoms with E-state index in [-0.39, 0.29) is 11.7 Å². The third kappa shape index (κ3) is 7.32. The van der Waals surface area contributed by atoms with Crippen molar-refractivity contribution in [1.29, 1.82) is 0 Å². The SMILES string of the molecule is CCC(O)O.CCOC(=O)c1ccc(O)cc1. The second-order valence-electron chi connectivity index (χ2n) is 3.16. The molecule has 0 amide bonds. The van der Waals surface area contributed by atoms with Crippen LogP contribution in [-0.4, -0.2) is 34.2 Å². The molecule has 5 heteroatoms. The van der Waals surface area contributed by atoms with E-state index in [0.717, 1.165) is 0 Å². The Morgan fingerprint density at radius 3 is 2.06 bits per heavy atom. The molecule has 0 aliphatic carbocycles. The molecule has 0 atom stereocenters. The second kappa shape index (κ2) is 8.55. The first-order valence-electron chi connectivity index (χ1n) is 5.33. The Bertz CT molecular complexity index is 318. The zero-order valence-corrected chi connectivity index (χ0v) is 9.96. The van der Waals surface area contributed by atoms with Crippen molar-refractivity contribution in [2.24, 2.45) is 0 Å². The largest absolute Gasteiger partial charge is 0.508 e. The molecule has 0 saturated carbocycles. The number of aliphatic hydroxyl groups is 2. The molecule has 0 spiro atoms. The molecule has 96 valence electrons. The molecule has 0 bridgehead atoms. The van der Waals surface area contributed by atoms with E-state index in [4.69, 9.17) is 20.1 Å². The van der Waals surface area contributed by atoms with Gasteiger partial charge < -0.3 is 20.1 Å². The summed E-state index contributed by atoms with van der Waals surface area (Å²) in [6, 6.07) is 5.94. The van der Waals surface area contributed by atoms with Crippen LogP contribution >= 0.6 is 0 Å². The van der Waals surface area contributed by atoms with Gasteiger partial charge in [-0.25, -0.2) is 4.79 Å². The number of carbonyl (C=O) groups is 1. The molecule has 0 aromatic heterocycles. The molecule has 1 aromatic rings. The van der Waals surface area contributed by atoms with Crippen molar-refractivity contribution in [2.75, 3.05) is 6.61 Å². The Morgan fingerprint density at radius 1 is 1.24 bits per heavy atom. The summed E-state index contributed by atoms with van der Waals surface area (Å²) < 4.78 is 4.75. The molecule has 0 saturated heterocycles. The van der Waals surface area contributed by atoms with E-state index < -0.39 is 6.29 Å². The number of hydrogen-bond donors (Lipinski definition) is 3. The lowest BCUT2D eigenvalue weighted by Gasteiger charge is -2.00. The van der Waals surface area contributed by atoms with Gasteiger partial charge in [-0.3, -0.25) is 0 Å². The average Bonchev–Trinajstić information content (AvgIpc) is 2.31. The molecule has 0 aliphatic heterocycles. The van der Waals surface area contributed by atoms with Gasteiger partial charge in [0.05, 0.1) is 12.2 Å². The summed E-state index contributed by atoms with van der Waals surface area (Å²) in [5.74, 6) is -0.222. The van der Waals surface area contributed by atoms with Gasteiger partial charge in [0, 0.05) is 0 Å². The Morgan fingerprint density at radius 2 is 1.71 bits per heavy atom. The minimum atomic E-state index is -1.12. The van der Waals surface area contributed by atoms with E-state index in [1.165, 1.54) is 24.3 Å². The number of carbonyl (C=O) groups excluding carboxylic acids is 1. The maximum Gasteiger partial charge on any atom is 0.338 e. The molecule has 0 unspecified atom stereocenters. The van der Waals surface area contributed by atoms with E-state index in [0.29, 0.717) is 18.6 Å². The fourth-order valence-corrected chi connectivity index (χ4v) is 0.812. The molecule has 0 heterocycles. The lowest BCUT2D eigenvalue weighted by atomic mass is 10.2. The zero-order valence-electron chi connectivity index (χ0n) is 9.96. The molecule has 1 aromatic carbocycles. The van der Waals surface area contributed by atoms with Crippen LogP contribution in [0.5, 0.6) is 5.75 Å². The number of aromatic hydroxyl groups is 1. The molecule has 17 heavy (non-hydrogen) atoms. The van der Waals surface area contributed by atoms with Crippen LogP contribution in [0.25, 0.3) is 0 Å². The number of hydrogen-bond acceptors (Lipinski definition) is 5. The predicted octanol–water partition coefficient (Wildman–Crippen LogP) is 1.28. The van der Waals surface area contributed by atoms with Crippen molar-refractivity contribution in [3.05, 3.63) is 29.8 Å². The first-order chi connectivity index (χ1) is 8.01. The third-order valence-corrected chi connectivity index (χ3v) is 1.74. The highest BCUT2D eigenvalue weighted by molar-refractivity contribution is 5.89.